The topological polar surface area (TPSA) is 85.8 Å². The summed E-state index contributed by atoms with van der Waals surface area (Å²) >= 11 is 0. The van der Waals surface area contributed by atoms with Gasteiger partial charge < -0.3 is 11.1 Å². The highest BCUT2D eigenvalue weighted by atomic mass is 16.1. The number of nitrogens with one attached hydrogen (secondary N) is 1. The number of benzene rings is 1. The highest BCUT2D eigenvalue weighted by Gasteiger charge is 2.19. The van der Waals surface area contributed by atoms with Gasteiger partial charge in [0.1, 0.15) is 0 Å². The summed E-state index contributed by atoms with van der Waals surface area (Å²) in [6, 6.07) is 9.03. The Balaban J connectivity index is 1.77. The van der Waals surface area contributed by atoms with Crippen LogP contribution >= 0.6 is 0 Å². The van der Waals surface area contributed by atoms with Crippen LogP contribution in [0.15, 0.2) is 42.7 Å². The van der Waals surface area contributed by atoms with Crippen molar-refractivity contribution >= 4 is 11.6 Å². The van der Waals surface area contributed by atoms with Gasteiger partial charge in [-0.05, 0) is 51.5 Å². The number of amides is 1. The number of carbonyl (C=O) groups is 1. The molecule has 0 saturated heterocycles. The molecule has 3 rings (SSSR count). The van der Waals surface area contributed by atoms with Crippen molar-refractivity contribution in [3.05, 3.63) is 65.2 Å². The summed E-state index contributed by atoms with van der Waals surface area (Å²) in [5, 5.41) is 7.60. The quantitative estimate of drug-likeness (QED) is 0.724. The molecule has 0 bridgehead atoms. The van der Waals surface area contributed by atoms with Crippen LogP contribution < -0.4 is 11.1 Å². The zero-order valence-corrected chi connectivity index (χ0v) is 16.2. The Kier molecular flexibility index (Phi) is 5.26. The number of nitrogen functional groups attached to an aromatic ring is 1. The van der Waals surface area contributed by atoms with Crippen molar-refractivity contribution in [1.29, 1.82) is 0 Å². The second kappa shape index (κ2) is 7.61. The van der Waals surface area contributed by atoms with Gasteiger partial charge in [-0.3, -0.25) is 14.5 Å². The fourth-order valence-electron chi connectivity index (χ4n) is 3.45. The minimum Gasteiger partial charge on any atom is -0.398 e. The van der Waals surface area contributed by atoms with Crippen LogP contribution in [0.25, 0.3) is 11.1 Å². The average Bonchev–Trinajstić information content (AvgIpc) is 2.95. The summed E-state index contributed by atoms with van der Waals surface area (Å²) in [5.41, 5.74) is 12.2. The van der Waals surface area contributed by atoms with Crippen molar-refractivity contribution in [2.24, 2.45) is 0 Å². The minimum absolute atomic E-state index is 0.115. The minimum atomic E-state index is -0.119. The molecule has 0 fully saturated rings. The highest BCUT2D eigenvalue weighted by molar-refractivity contribution is 5.95. The van der Waals surface area contributed by atoms with Crippen molar-refractivity contribution in [2.75, 3.05) is 5.73 Å². The van der Waals surface area contributed by atoms with Gasteiger partial charge in [-0.15, -0.1) is 0 Å². The van der Waals surface area contributed by atoms with E-state index in [1.54, 1.807) is 30.6 Å². The lowest BCUT2D eigenvalue weighted by atomic mass is 10.0. The molecule has 6 nitrogen and oxygen atoms in total. The summed E-state index contributed by atoms with van der Waals surface area (Å²) in [5.74, 6) is -0.115. The van der Waals surface area contributed by atoms with Gasteiger partial charge in [0.25, 0.3) is 5.91 Å². The van der Waals surface area contributed by atoms with E-state index >= 15 is 0 Å². The number of carbonyl (C=O) groups excluding carboxylic acids is 1. The standard InChI is InChI=1S/C21H25N5O/c1-5-26-15(4)20(14(3)25-26)13(2)24-21(27)17-8-6-16(7-9-17)18-12-23-11-10-19(18)22/h6-13H,5H2,1-4H3,(H2,22,23)(H,24,27). The lowest BCUT2D eigenvalue weighted by Crippen LogP contribution is -2.27. The van der Waals surface area contributed by atoms with Crippen molar-refractivity contribution < 1.29 is 4.79 Å². The Labute approximate surface area is 159 Å². The summed E-state index contributed by atoms with van der Waals surface area (Å²) in [7, 11) is 0. The summed E-state index contributed by atoms with van der Waals surface area (Å²) in [6.07, 6.45) is 3.39. The number of rotatable bonds is 5. The molecule has 0 radical (unpaired) electrons. The third-order valence-corrected chi connectivity index (χ3v) is 4.83. The molecule has 140 valence electrons. The van der Waals surface area contributed by atoms with Crippen molar-refractivity contribution in [3.8, 4) is 11.1 Å². The van der Waals surface area contributed by atoms with Crippen LogP contribution in [0, 0.1) is 13.8 Å². The van der Waals surface area contributed by atoms with Gasteiger partial charge in [0.05, 0.1) is 11.7 Å². The summed E-state index contributed by atoms with van der Waals surface area (Å²) < 4.78 is 1.96. The molecule has 1 amide bonds. The fourth-order valence-corrected chi connectivity index (χ4v) is 3.45. The Morgan fingerprint density at radius 1 is 1.22 bits per heavy atom. The molecule has 27 heavy (non-hydrogen) atoms. The number of hydrogen-bond acceptors (Lipinski definition) is 4. The van der Waals surface area contributed by atoms with E-state index in [2.05, 4.69) is 22.3 Å². The number of aryl methyl sites for hydroxylation is 2. The van der Waals surface area contributed by atoms with E-state index in [9.17, 15) is 4.79 Å². The number of pyridine rings is 1. The Hall–Kier alpha value is -3.15. The van der Waals surface area contributed by atoms with Crippen LogP contribution in [-0.2, 0) is 6.54 Å². The molecule has 0 aliphatic carbocycles. The van der Waals surface area contributed by atoms with Gasteiger partial charge >= 0.3 is 0 Å². The predicted molar refractivity (Wildman–Crippen MR) is 107 cm³/mol. The molecule has 0 spiro atoms. The second-order valence-electron chi connectivity index (χ2n) is 6.64. The molecule has 3 aromatic rings. The van der Waals surface area contributed by atoms with Crippen molar-refractivity contribution in [2.45, 2.75) is 40.3 Å². The van der Waals surface area contributed by atoms with Gasteiger partial charge in [0, 0.05) is 47.0 Å². The lowest BCUT2D eigenvalue weighted by Gasteiger charge is -2.15. The first-order valence-corrected chi connectivity index (χ1v) is 9.07. The van der Waals surface area contributed by atoms with Gasteiger partial charge in [0.2, 0.25) is 0 Å². The van der Waals surface area contributed by atoms with Crippen LogP contribution in [0.1, 0.15) is 47.2 Å². The molecule has 6 heteroatoms. The molecule has 1 aromatic carbocycles. The van der Waals surface area contributed by atoms with Gasteiger partial charge in [-0.1, -0.05) is 12.1 Å². The average molecular weight is 363 g/mol. The van der Waals surface area contributed by atoms with Crippen LogP contribution in [0.4, 0.5) is 5.69 Å². The predicted octanol–water partition coefficient (Wildman–Crippen LogP) is 3.66. The smallest absolute Gasteiger partial charge is 0.251 e. The number of anilines is 1. The third kappa shape index (κ3) is 3.69. The van der Waals surface area contributed by atoms with E-state index in [1.165, 1.54) is 0 Å². The lowest BCUT2D eigenvalue weighted by molar-refractivity contribution is 0.0940. The molecule has 0 aliphatic rings. The SMILES string of the molecule is CCn1nc(C)c(C(C)NC(=O)c2ccc(-c3cnccc3N)cc2)c1C. The molecule has 2 heterocycles. The first kappa shape index (κ1) is 18.6. The van der Waals surface area contributed by atoms with Crippen LogP contribution in [-0.4, -0.2) is 20.7 Å². The molecule has 1 atom stereocenters. The Morgan fingerprint density at radius 2 is 1.93 bits per heavy atom. The largest absolute Gasteiger partial charge is 0.398 e. The highest BCUT2D eigenvalue weighted by Crippen LogP contribution is 2.25. The maximum atomic E-state index is 12.7. The molecule has 0 saturated carbocycles. The van der Waals surface area contributed by atoms with E-state index in [0.717, 1.165) is 34.6 Å². The second-order valence-corrected chi connectivity index (χ2v) is 6.64. The zero-order chi connectivity index (χ0) is 19.6. The molecule has 2 aromatic heterocycles. The Bertz CT molecular complexity index is 959. The maximum Gasteiger partial charge on any atom is 0.251 e. The monoisotopic (exact) mass is 363 g/mol. The summed E-state index contributed by atoms with van der Waals surface area (Å²) in [4.78, 5) is 16.8. The molecule has 0 aliphatic heterocycles. The molecule has 3 N–H and O–H groups in total. The van der Waals surface area contributed by atoms with E-state index in [4.69, 9.17) is 5.73 Å². The van der Waals surface area contributed by atoms with Crippen LogP contribution in [0.5, 0.6) is 0 Å². The van der Waals surface area contributed by atoms with Crippen molar-refractivity contribution in [3.63, 3.8) is 0 Å². The van der Waals surface area contributed by atoms with E-state index < -0.39 is 0 Å². The molecular formula is C21H25N5O. The Morgan fingerprint density at radius 3 is 2.52 bits per heavy atom. The normalized spacial score (nSPS) is 12.0. The van der Waals surface area contributed by atoms with Gasteiger partial charge in [-0.25, -0.2) is 0 Å². The van der Waals surface area contributed by atoms with E-state index in [0.29, 0.717) is 11.3 Å². The van der Waals surface area contributed by atoms with E-state index in [-0.39, 0.29) is 11.9 Å². The number of aromatic nitrogens is 3. The first-order valence-electron chi connectivity index (χ1n) is 9.07. The van der Waals surface area contributed by atoms with Crippen molar-refractivity contribution in [1.82, 2.24) is 20.1 Å². The zero-order valence-electron chi connectivity index (χ0n) is 16.2. The van der Waals surface area contributed by atoms with Gasteiger partial charge in [-0.2, -0.15) is 5.10 Å². The van der Waals surface area contributed by atoms with Gasteiger partial charge in [0.15, 0.2) is 0 Å². The molecule has 1 unspecified atom stereocenters. The number of hydrogen-bond donors (Lipinski definition) is 2. The fraction of sp³-hybridized carbons (Fsp3) is 0.286. The third-order valence-electron chi connectivity index (χ3n) is 4.83. The first-order chi connectivity index (χ1) is 12.9. The van der Waals surface area contributed by atoms with Crippen LogP contribution in [0.2, 0.25) is 0 Å². The number of nitrogens with two attached hydrogens (primary N) is 1. The molecular weight excluding hydrogens is 338 g/mol. The summed E-state index contributed by atoms with van der Waals surface area (Å²) in [6.45, 7) is 8.87. The maximum absolute atomic E-state index is 12.7. The van der Waals surface area contributed by atoms with Crippen LogP contribution in [0.3, 0.4) is 0 Å². The number of nitrogens with zero attached hydrogens (tertiary/aromatic N) is 3. The van der Waals surface area contributed by atoms with E-state index in [1.807, 2.05) is 37.6 Å².